The van der Waals surface area contributed by atoms with E-state index in [1.165, 1.54) is 5.56 Å². The highest BCUT2D eigenvalue weighted by molar-refractivity contribution is 5.83. The first-order valence-electron chi connectivity index (χ1n) is 9.68. The zero-order chi connectivity index (χ0) is 20.1. The number of aryl methyl sites for hydroxylation is 1. The molecule has 0 saturated carbocycles. The van der Waals surface area contributed by atoms with E-state index in [2.05, 4.69) is 24.3 Å². The lowest BCUT2D eigenvalue weighted by Crippen LogP contribution is -2.45. The Labute approximate surface area is 166 Å². The Morgan fingerprint density at radius 3 is 2.61 bits per heavy atom. The molecule has 1 saturated heterocycles. The predicted molar refractivity (Wildman–Crippen MR) is 109 cm³/mol. The number of hydrogen-bond donors (Lipinski definition) is 0. The molecule has 148 valence electrons. The maximum atomic E-state index is 13.0. The Bertz CT molecular complexity index is 832. The first-order valence-corrected chi connectivity index (χ1v) is 9.68. The quantitative estimate of drug-likeness (QED) is 0.772. The minimum atomic E-state index is -0.164. The minimum Gasteiger partial charge on any atom is -0.496 e. The third-order valence-electron chi connectivity index (χ3n) is 5.32. The van der Waals surface area contributed by atoms with Gasteiger partial charge < -0.3 is 14.5 Å². The van der Waals surface area contributed by atoms with Gasteiger partial charge in [-0.25, -0.2) is 0 Å². The summed E-state index contributed by atoms with van der Waals surface area (Å²) in [6, 6.07) is 15.9. The Morgan fingerprint density at radius 1 is 1.18 bits per heavy atom. The van der Waals surface area contributed by atoms with Crippen molar-refractivity contribution in [1.29, 1.82) is 0 Å². The van der Waals surface area contributed by atoms with Crippen molar-refractivity contribution < 1.29 is 14.3 Å². The van der Waals surface area contributed by atoms with Crippen LogP contribution in [-0.2, 0) is 22.7 Å². The van der Waals surface area contributed by atoms with Crippen molar-refractivity contribution in [2.45, 2.75) is 32.9 Å². The summed E-state index contributed by atoms with van der Waals surface area (Å²) in [6.45, 7) is 3.55. The molecule has 2 aromatic rings. The van der Waals surface area contributed by atoms with Crippen LogP contribution in [0.15, 0.2) is 48.5 Å². The molecule has 0 aromatic heterocycles. The second kappa shape index (κ2) is 8.91. The largest absolute Gasteiger partial charge is 0.496 e. The molecule has 0 aliphatic carbocycles. The van der Waals surface area contributed by atoms with E-state index in [4.69, 9.17) is 4.74 Å². The summed E-state index contributed by atoms with van der Waals surface area (Å²) in [5.74, 6) is 0.789. The molecule has 2 amide bonds. The van der Waals surface area contributed by atoms with Gasteiger partial charge in [-0.2, -0.15) is 0 Å². The number of nitrogens with zero attached hydrogens (tertiary/aromatic N) is 2. The zero-order valence-electron chi connectivity index (χ0n) is 16.9. The minimum absolute atomic E-state index is 0.0937. The summed E-state index contributed by atoms with van der Waals surface area (Å²) in [5, 5.41) is 0. The van der Waals surface area contributed by atoms with Crippen molar-refractivity contribution in [2.24, 2.45) is 5.92 Å². The van der Waals surface area contributed by atoms with Gasteiger partial charge in [0, 0.05) is 38.7 Å². The molecule has 0 N–H and O–H groups in total. The number of carbonyl (C=O) groups is 2. The number of amides is 2. The van der Waals surface area contributed by atoms with Gasteiger partial charge in [0.15, 0.2) is 0 Å². The Hall–Kier alpha value is -2.82. The highest BCUT2D eigenvalue weighted by Gasteiger charge is 2.32. The van der Waals surface area contributed by atoms with Crippen LogP contribution < -0.4 is 4.74 Å². The van der Waals surface area contributed by atoms with Gasteiger partial charge in [0.25, 0.3) is 0 Å². The summed E-state index contributed by atoms with van der Waals surface area (Å²) in [6.07, 6.45) is 1.02. The second-order valence-corrected chi connectivity index (χ2v) is 7.50. The molecule has 1 fully saturated rings. The highest BCUT2D eigenvalue weighted by Crippen LogP contribution is 2.25. The van der Waals surface area contributed by atoms with E-state index in [1.807, 2.05) is 38.2 Å². The van der Waals surface area contributed by atoms with Gasteiger partial charge in [-0.1, -0.05) is 48.0 Å². The third kappa shape index (κ3) is 4.71. The van der Waals surface area contributed by atoms with Crippen LogP contribution in [0.25, 0.3) is 0 Å². The number of hydrogen-bond acceptors (Lipinski definition) is 3. The van der Waals surface area contributed by atoms with Crippen molar-refractivity contribution in [3.8, 4) is 5.75 Å². The average molecular weight is 380 g/mol. The number of piperidine rings is 1. The van der Waals surface area contributed by atoms with Crippen LogP contribution in [0.5, 0.6) is 5.75 Å². The predicted octanol–water partition coefficient (Wildman–Crippen LogP) is 3.40. The van der Waals surface area contributed by atoms with Crippen molar-refractivity contribution in [3.63, 3.8) is 0 Å². The van der Waals surface area contributed by atoms with Gasteiger partial charge in [-0.15, -0.1) is 0 Å². The molecule has 2 aromatic carbocycles. The van der Waals surface area contributed by atoms with Gasteiger partial charge in [-0.05, 0) is 25.0 Å². The highest BCUT2D eigenvalue weighted by atomic mass is 16.5. The first kappa shape index (κ1) is 19.9. The molecule has 28 heavy (non-hydrogen) atoms. The fourth-order valence-corrected chi connectivity index (χ4v) is 3.67. The van der Waals surface area contributed by atoms with E-state index < -0.39 is 0 Å². The van der Waals surface area contributed by atoms with Crippen molar-refractivity contribution >= 4 is 11.8 Å². The number of methoxy groups -OCH3 is 1. The fourth-order valence-electron chi connectivity index (χ4n) is 3.67. The van der Waals surface area contributed by atoms with E-state index in [1.54, 1.807) is 16.9 Å². The van der Waals surface area contributed by atoms with Crippen molar-refractivity contribution in [1.82, 2.24) is 9.80 Å². The number of benzene rings is 2. The van der Waals surface area contributed by atoms with Gasteiger partial charge in [0.2, 0.25) is 11.8 Å². The van der Waals surface area contributed by atoms with Crippen molar-refractivity contribution in [3.05, 3.63) is 65.2 Å². The van der Waals surface area contributed by atoms with Gasteiger partial charge in [-0.3, -0.25) is 9.59 Å². The molecule has 0 unspecified atom stereocenters. The summed E-state index contributed by atoms with van der Waals surface area (Å²) >= 11 is 0. The Morgan fingerprint density at radius 2 is 1.89 bits per heavy atom. The summed E-state index contributed by atoms with van der Waals surface area (Å²) in [4.78, 5) is 28.9. The summed E-state index contributed by atoms with van der Waals surface area (Å²) < 4.78 is 5.40. The van der Waals surface area contributed by atoms with Gasteiger partial charge in [0.1, 0.15) is 5.75 Å². The summed E-state index contributed by atoms with van der Waals surface area (Å²) in [7, 11) is 3.46. The molecule has 1 aliphatic heterocycles. The first-order chi connectivity index (χ1) is 13.5. The lowest BCUT2D eigenvalue weighted by atomic mass is 9.95. The zero-order valence-corrected chi connectivity index (χ0v) is 16.9. The van der Waals surface area contributed by atoms with Crippen LogP contribution in [0.2, 0.25) is 0 Å². The number of carbonyl (C=O) groups excluding carboxylic acids is 2. The molecule has 0 spiro atoms. The van der Waals surface area contributed by atoms with Crippen LogP contribution in [0.1, 0.15) is 29.5 Å². The fraction of sp³-hybridized carbons (Fsp3) is 0.391. The second-order valence-electron chi connectivity index (χ2n) is 7.50. The van der Waals surface area contributed by atoms with E-state index in [0.717, 1.165) is 16.9 Å². The number of likely N-dealkylation sites (tertiary alicyclic amines) is 1. The molecule has 5 nitrogen and oxygen atoms in total. The SMILES string of the molecule is COc1ccccc1CN1C[C@H](C(=O)N(C)Cc2ccc(C)cc2)CCC1=O. The lowest BCUT2D eigenvalue weighted by Gasteiger charge is -2.34. The average Bonchev–Trinajstić information content (AvgIpc) is 2.71. The van der Waals surface area contributed by atoms with Gasteiger partial charge >= 0.3 is 0 Å². The van der Waals surface area contributed by atoms with Crippen LogP contribution in [0.3, 0.4) is 0 Å². The molecule has 0 radical (unpaired) electrons. The Balaban J connectivity index is 1.64. The smallest absolute Gasteiger partial charge is 0.227 e. The van der Waals surface area contributed by atoms with E-state index >= 15 is 0 Å². The van der Waals surface area contributed by atoms with Crippen molar-refractivity contribution in [2.75, 3.05) is 20.7 Å². The monoisotopic (exact) mass is 380 g/mol. The van der Waals surface area contributed by atoms with E-state index in [-0.39, 0.29) is 17.7 Å². The number of ether oxygens (including phenoxy) is 1. The van der Waals surface area contributed by atoms with E-state index in [9.17, 15) is 9.59 Å². The van der Waals surface area contributed by atoms with Crippen LogP contribution in [0.4, 0.5) is 0 Å². The molecule has 3 rings (SSSR count). The van der Waals surface area contributed by atoms with Crippen LogP contribution in [-0.4, -0.2) is 42.3 Å². The normalized spacial score (nSPS) is 16.8. The number of rotatable bonds is 6. The maximum Gasteiger partial charge on any atom is 0.227 e. The molecule has 1 aliphatic rings. The summed E-state index contributed by atoms with van der Waals surface area (Å²) in [5.41, 5.74) is 3.27. The molecule has 0 bridgehead atoms. The lowest BCUT2D eigenvalue weighted by molar-refractivity contribution is -0.143. The standard InChI is InChI=1S/C23H28N2O3/c1-17-8-10-18(11-9-17)14-24(2)23(27)20-12-13-22(26)25(16-20)15-19-6-4-5-7-21(19)28-3/h4-11,20H,12-16H2,1-3H3/t20-/m1/s1. The molecular weight excluding hydrogens is 352 g/mol. The maximum absolute atomic E-state index is 13.0. The third-order valence-corrected chi connectivity index (χ3v) is 5.32. The molecular formula is C23H28N2O3. The van der Waals surface area contributed by atoms with E-state index in [0.29, 0.717) is 32.5 Å². The van der Waals surface area contributed by atoms with Gasteiger partial charge in [0.05, 0.1) is 13.0 Å². The Kier molecular flexibility index (Phi) is 6.34. The molecule has 5 heteroatoms. The molecule has 1 atom stereocenters. The van der Waals surface area contributed by atoms with Crippen LogP contribution >= 0.6 is 0 Å². The molecule has 1 heterocycles. The number of para-hydroxylation sites is 1. The van der Waals surface area contributed by atoms with Crippen LogP contribution in [0, 0.1) is 12.8 Å². The topological polar surface area (TPSA) is 49.9 Å².